The first-order valence-electron chi connectivity index (χ1n) is 9.32. The maximum absolute atomic E-state index is 12.7. The highest BCUT2D eigenvalue weighted by Crippen LogP contribution is 2.25. The fraction of sp³-hybridized carbons (Fsp3) is 0.0833. The Balaban J connectivity index is 0.00000256. The number of hydrogen-bond acceptors (Lipinski definition) is 2. The number of benzene rings is 3. The number of hydrogen-bond donors (Lipinski definition) is 1. The molecular formula is C24H21Br2N3O. The molecule has 0 spiro atoms. The van der Waals surface area contributed by atoms with Gasteiger partial charge in [-0.05, 0) is 23.3 Å². The quantitative estimate of drug-likeness (QED) is 0.319. The molecule has 0 aliphatic heterocycles. The summed E-state index contributed by atoms with van der Waals surface area (Å²) in [6.07, 6.45) is 1.93. The molecule has 6 heteroatoms. The fourth-order valence-electron chi connectivity index (χ4n) is 3.38. The Morgan fingerprint density at radius 1 is 0.933 bits per heavy atom. The van der Waals surface area contributed by atoms with Crippen LogP contribution in [0.2, 0.25) is 0 Å². The Morgan fingerprint density at radius 3 is 2.23 bits per heavy atom. The van der Waals surface area contributed by atoms with Crippen LogP contribution in [0.5, 0.6) is 0 Å². The van der Waals surface area contributed by atoms with Crippen LogP contribution in [0.4, 0.5) is 5.95 Å². The molecule has 0 aliphatic rings. The van der Waals surface area contributed by atoms with E-state index in [0.29, 0.717) is 11.5 Å². The van der Waals surface area contributed by atoms with Crippen molar-refractivity contribution in [3.05, 3.63) is 95.1 Å². The van der Waals surface area contributed by atoms with Crippen molar-refractivity contribution in [2.45, 2.75) is 6.54 Å². The van der Waals surface area contributed by atoms with E-state index in [0.717, 1.165) is 21.3 Å². The molecule has 4 aromatic rings. The number of rotatable bonds is 5. The molecule has 1 heterocycles. The highest BCUT2D eigenvalue weighted by molar-refractivity contribution is 9.10. The topological polar surface area (TPSA) is 51.9 Å². The summed E-state index contributed by atoms with van der Waals surface area (Å²) in [7, 11) is 1.91. The number of ketones is 1. The number of imidazole rings is 1. The smallest absolute Gasteiger partial charge is 0.355 e. The molecule has 30 heavy (non-hydrogen) atoms. The summed E-state index contributed by atoms with van der Waals surface area (Å²) in [6.45, 7) is 0.193. The number of aromatic nitrogens is 2. The molecule has 0 unspecified atom stereocenters. The molecule has 152 valence electrons. The van der Waals surface area contributed by atoms with Gasteiger partial charge in [-0.15, -0.1) is 0 Å². The third-order valence-electron chi connectivity index (χ3n) is 5.03. The molecule has 4 rings (SSSR count). The molecule has 1 aromatic heterocycles. The SMILES string of the molecule is Cn1c(-c2ccc(-c3ccccc3)cc2)c[n+](CC(=O)c2cccc(Br)c2)c1N.[Br-]. The van der Waals surface area contributed by atoms with E-state index in [1.165, 1.54) is 5.56 Å². The molecule has 0 amide bonds. The maximum Gasteiger partial charge on any atom is 0.355 e. The molecule has 0 radical (unpaired) electrons. The monoisotopic (exact) mass is 525 g/mol. The summed E-state index contributed by atoms with van der Waals surface area (Å²) in [5.41, 5.74) is 11.3. The molecule has 2 N–H and O–H groups in total. The normalized spacial score (nSPS) is 10.5. The number of carbonyl (C=O) groups excluding carboxylic acids is 1. The molecule has 3 aromatic carbocycles. The lowest BCUT2D eigenvalue weighted by Gasteiger charge is -2.03. The zero-order chi connectivity index (χ0) is 20.4. The molecule has 0 atom stereocenters. The van der Waals surface area contributed by atoms with Gasteiger partial charge in [0.2, 0.25) is 0 Å². The van der Waals surface area contributed by atoms with Crippen molar-refractivity contribution < 1.29 is 26.3 Å². The highest BCUT2D eigenvalue weighted by atomic mass is 79.9. The van der Waals surface area contributed by atoms with Crippen molar-refractivity contribution in [2.24, 2.45) is 7.05 Å². The fourth-order valence-corrected chi connectivity index (χ4v) is 3.78. The molecule has 0 aliphatic carbocycles. The molecule has 0 saturated carbocycles. The summed E-state index contributed by atoms with van der Waals surface area (Å²) in [5, 5.41) is 0. The van der Waals surface area contributed by atoms with Crippen LogP contribution in [0, 0.1) is 0 Å². The summed E-state index contributed by atoms with van der Waals surface area (Å²) < 4.78 is 4.59. The van der Waals surface area contributed by atoms with Crippen LogP contribution < -0.4 is 27.3 Å². The molecule has 4 nitrogen and oxygen atoms in total. The van der Waals surface area contributed by atoms with Gasteiger partial charge in [0.15, 0.2) is 5.78 Å². The van der Waals surface area contributed by atoms with Crippen LogP contribution in [0.25, 0.3) is 22.4 Å². The molecule has 0 saturated heterocycles. The number of halogens is 2. The van der Waals surface area contributed by atoms with E-state index in [1.54, 1.807) is 4.57 Å². The number of nitrogens with zero attached hydrogens (tertiary/aromatic N) is 2. The number of anilines is 1. The number of nitrogens with two attached hydrogens (primary N) is 1. The Morgan fingerprint density at radius 2 is 1.57 bits per heavy atom. The van der Waals surface area contributed by atoms with E-state index in [-0.39, 0.29) is 29.3 Å². The second-order valence-corrected chi connectivity index (χ2v) is 7.85. The lowest BCUT2D eigenvalue weighted by Crippen LogP contribution is -3.00. The van der Waals surface area contributed by atoms with Gasteiger partial charge in [-0.25, -0.2) is 9.13 Å². The minimum Gasteiger partial charge on any atom is -1.00 e. The average Bonchev–Trinajstić information content (AvgIpc) is 3.03. The van der Waals surface area contributed by atoms with Crippen molar-refractivity contribution in [1.82, 2.24) is 4.57 Å². The van der Waals surface area contributed by atoms with Crippen molar-refractivity contribution in [2.75, 3.05) is 5.73 Å². The third kappa shape index (κ3) is 4.55. The lowest BCUT2D eigenvalue weighted by molar-refractivity contribution is -0.667. The zero-order valence-electron chi connectivity index (χ0n) is 16.4. The van der Waals surface area contributed by atoms with Gasteiger partial charge < -0.3 is 17.0 Å². The first-order chi connectivity index (χ1) is 14.0. The predicted molar refractivity (Wildman–Crippen MR) is 119 cm³/mol. The van der Waals surface area contributed by atoms with E-state index >= 15 is 0 Å². The van der Waals surface area contributed by atoms with Crippen LogP contribution in [0.3, 0.4) is 0 Å². The largest absolute Gasteiger partial charge is 1.00 e. The van der Waals surface area contributed by atoms with Gasteiger partial charge in [0.1, 0.15) is 18.4 Å². The summed E-state index contributed by atoms with van der Waals surface area (Å²) in [6, 6.07) is 26.0. The molecule has 0 bridgehead atoms. The first kappa shape index (κ1) is 22.0. The average molecular weight is 527 g/mol. The highest BCUT2D eigenvalue weighted by Gasteiger charge is 2.20. The van der Waals surface area contributed by atoms with Gasteiger partial charge in [0, 0.05) is 15.6 Å². The third-order valence-corrected chi connectivity index (χ3v) is 5.52. The summed E-state index contributed by atoms with van der Waals surface area (Å²) in [5.74, 6) is 0.551. The Hall–Kier alpha value is -2.70. The number of Topliss-reactive ketones (excluding diaryl/α,β-unsaturated/α-hetero) is 1. The molecular weight excluding hydrogens is 506 g/mol. The first-order valence-corrected chi connectivity index (χ1v) is 10.1. The van der Waals surface area contributed by atoms with E-state index in [9.17, 15) is 4.79 Å². The lowest BCUT2D eigenvalue weighted by atomic mass is 10.0. The van der Waals surface area contributed by atoms with Crippen LogP contribution in [0.15, 0.2) is 89.5 Å². The zero-order valence-corrected chi connectivity index (χ0v) is 19.6. The molecule has 0 fully saturated rings. The second kappa shape index (κ2) is 9.41. The van der Waals surface area contributed by atoms with Gasteiger partial charge in [-0.3, -0.25) is 10.5 Å². The van der Waals surface area contributed by atoms with Gasteiger partial charge in [-0.2, -0.15) is 0 Å². The Bertz CT molecular complexity index is 1170. The Labute approximate surface area is 194 Å². The predicted octanol–water partition coefficient (Wildman–Crippen LogP) is 1.88. The van der Waals surface area contributed by atoms with E-state index < -0.39 is 0 Å². The Kier molecular flexibility index (Phi) is 6.90. The van der Waals surface area contributed by atoms with Crippen molar-refractivity contribution in [3.63, 3.8) is 0 Å². The second-order valence-electron chi connectivity index (χ2n) is 6.94. The van der Waals surface area contributed by atoms with Crippen molar-refractivity contribution in [1.29, 1.82) is 0 Å². The summed E-state index contributed by atoms with van der Waals surface area (Å²) in [4.78, 5) is 12.7. The van der Waals surface area contributed by atoms with E-state index in [2.05, 4.69) is 52.3 Å². The van der Waals surface area contributed by atoms with Crippen molar-refractivity contribution >= 4 is 27.7 Å². The van der Waals surface area contributed by atoms with Crippen LogP contribution in [-0.2, 0) is 13.6 Å². The number of carbonyl (C=O) groups is 1. The van der Waals surface area contributed by atoms with E-state index in [1.807, 2.05) is 60.3 Å². The van der Waals surface area contributed by atoms with Crippen LogP contribution in [0.1, 0.15) is 10.4 Å². The van der Waals surface area contributed by atoms with Crippen LogP contribution in [-0.4, -0.2) is 10.4 Å². The van der Waals surface area contributed by atoms with Gasteiger partial charge in [0.05, 0.1) is 7.05 Å². The number of nitrogen functional groups attached to an aromatic ring is 1. The minimum absolute atomic E-state index is 0. The van der Waals surface area contributed by atoms with Gasteiger partial charge >= 0.3 is 5.95 Å². The minimum atomic E-state index is 0. The van der Waals surface area contributed by atoms with Gasteiger partial charge in [-0.1, -0.05) is 82.7 Å². The van der Waals surface area contributed by atoms with Gasteiger partial charge in [0.25, 0.3) is 0 Å². The van der Waals surface area contributed by atoms with Crippen molar-refractivity contribution in [3.8, 4) is 22.4 Å². The maximum atomic E-state index is 12.7. The summed E-state index contributed by atoms with van der Waals surface area (Å²) >= 11 is 3.41. The van der Waals surface area contributed by atoms with Crippen LogP contribution >= 0.6 is 15.9 Å². The standard InChI is InChI=1S/C24H20BrN3O.BrH/c1-27-22(19-12-10-18(11-13-19)17-6-3-2-4-7-17)15-28(24(27)26)16-23(29)20-8-5-9-21(25)14-20;/h2-15,26H,16H2,1H3;1H. The van der Waals surface area contributed by atoms with E-state index in [4.69, 9.17) is 5.73 Å².